The first-order chi connectivity index (χ1) is 7.95. The van der Waals surface area contributed by atoms with E-state index >= 15 is 0 Å². The Labute approximate surface area is 96.3 Å². The standard InChI is InChI=1S/C14H16N2/c1-2-8-13-12(6-1)7-5-11-16(13)14-9-3-4-10-15-14/h1-2,4,6,8,10H,3,5,7,9,11H2. The highest BCUT2D eigenvalue weighted by molar-refractivity contribution is 5.99. The Kier molecular flexibility index (Phi) is 2.49. The summed E-state index contributed by atoms with van der Waals surface area (Å²) in [6, 6.07) is 8.71. The molecule has 0 spiro atoms. The van der Waals surface area contributed by atoms with Crippen LogP contribution in [0.3, 0.4) is 0 Å². The number of anilines is 1. The van der Waals surface area contributed by atoms with Crippen LogP contribution in [0.2, 0.25) is 0 Å². The maximum atomic E-state index is 4.51. The Morgan fingerprint density at radius 2 is 2.06 bits per heavy atom. The first-order valence-corrected chi connectivity index (χ1v) is 6.02. The third-order valence-corrected chi connectivity index (χ3v) is 3.29. The first-order valence-electron chi connectivity index (χ1n) is 6.02. The van der Waals surface area contributed by atoms with Crippen LogP contribution in [0.1, 0.15) is 24.8 Å². The van der Waals surface area contributed by atoms with E-state index in [1.807, 2.05) is 6.20 Å². The summed E-state index contributed by atoms with van der Waals surface area (Å²) in [6.45, 7) is 1.11. The molecule has 0 N–H and O–H groups in total. The number of rotatable bonds is 0. The minimum absolute atomic E-state index is 1.07. The summed E-state index contributed by atoms with van der Waals surface area (Å²) in [5.74, 6) is 1.23. The molecule has 0 unspecified atom stereocenters. The van der Waals surface area contributed by atoms with E-state index in [1.165, 1.54) is 29.9 Å². The van der Waals surface area contributed by atoms with Gasteiger partial charge < -0.3 is 4.90 Å². The highest BCUT2D eigenvalue weighted by Crippen LogP contribution is 2.28. The van der Waals surface area contributed by atoms with E-state index in [4.69, 9.17) is 0 Å². The predicted octanol–water partition coefficient (Wildman–Crippen LogP) is 3.15. The number of benzene rings is 1. The molecule has 0 aromatic heterocycles. The van der Waals surface area contributed by atoms with Crippen LogP contribution in [0, 0.1) is 0 Å². The molecular formula is C14H16N2. The van der Waals surface area contributed by atoms with Gasteiger partial charge in [0.25, 0.3) is 0 Å². The Morgan fingerprint density at radius 1 is 1.12 bits per heavy atom. The lowest BCUT2D eigenvalue weighted by atomic mass is 10.0. The molecule has 82 valence electrons. The maximum Gasteiger partial charge on any atom is 0.109 e. The van der Waals surface area contributed by atoms with Gasteiger partial charge in [-0.1, -0.05) is 24.3 Å². The SMILES string of the molecule is C1=CN=C(N2CCCc3ccccc32)CC1. The molecular weight excluding hydrogens is 196 g/mol. The second-order valence-electron chi connectivity index (χ2n) is 4.35. The summed E-state index contributed by atoms with van der Waals surface area (Å²) in [4.78, 5) is 6.91. The quantitative estimate of drug-likeness (QED) is 0.645. The van der Waals surface area contributed by atoms with Crippen molar-refractivity contribution in [2.24, 2.45) is 4.99 Å². The van der Waals surface area contributed by atoms with Crippen LogP contribution >= 0.6 is 0 Å². The monoisotopic (exact) mass is 212 g/mol. The Hall–Kier alpha value is -1.57. The third-order valence-electron chi connectivity index (χ3n) is 3.29. The van der Waals surface area contributed by atoms with E-state index in [9.17, 15) is 0 Å². The number of hydrogen-bond donors (Lipinski definition) is 0. The largest absolute Gasteiger partial charge is 0.330 e. The highest BCUT2D eigenvalue weighted by Gasteiger charge is 2.20. The first kappa shape index (κ1) is 9.64. The normalized spacial score (nSPS) is 19.2. The van der Waals surface area contributed by atoms with Crippen molar-refractivity contribution in [2.75, 3.05) is 11.4 Å². The summed E-state index contributed by atoms with van der Waals surface area (Å²) in [5.41, 5.74) is 2.83. The van der Waals surface area contributed by atoms with Crippen molar-refractivity contribution < 1.29 is 0 Å². The second-order valence-corrected chi connectivity index (χ2v) is 4.35. The van der Waals surface area contributed by atoms with Gasteiger partial charge in [0.05, 0.1) is 0 Å². The summed E-state index contributed by atoms with van der Waals surface area (Å²) in [5, 5.41) is 0. The molecule has 0 amide bonds. The Morgan fingerprint density at radius 3 is 2.94 bits per heavy atom. The molecule has 2 aliphatic rings. The minimum atomic E-state index is 1.07. The second kappa shape index (κ2) is 4.12. The number of para-hydroxylation sites is 1. The van der Waals surface area contributed by atoms with Crippen molar-refractivity contribution in [3.8, 4) is 0 Å². The maximum absolute atomic E-state index is 4.51. The zero-order chi connectivity index (χ0) is 10.8. The van der Waals surface area contributed by atoms with E-state index in [0.717, 1.165) is 19.4 Å². The zero-order valence-electron chi connectivity index (χ0n) is 9.39. The number of amidine groups is 1. The number of nitrogens with zero attached hydrogens (tertiary/aromatic N) is 2. The molecule has 2 heteroatoms. The third kappa shape index (κ3) is 1.64. The molecule has 0 saturated carbocycles. The molecule has 1 aromatic rings. The number of aliphatic imine (C=N–C) groups is 1. The molecule has 2 aliphatic heterocycles. The molecule has 3 rings (SSSR count). The lowest BCUT2D eigenvalue weighted by Gasteiger charge is -2.32. The van der Waals surface area contributed by atoms with Gasteiger partial charge in [-0.05, 0) is 30.9 Å². The van der Waals surface area contributed by atoms with Crippen molar-refractivity contribution >= 4 is 11.5 Å². The lowest BCUT2D eigenvalue weighted by molar-refractivity contribution is 0.767. The van der Waals surface area contributed by atoms with Gasteiger partial charge in [-0.15, -0.1) is 0 Å². The molecule has 0 bridgehead atoms. The predicted molar refractivity (Wildman–Crippen MR) is 67.9 cm³/mol. The van der Waals surface area contributed by atoms with Gasteiger partial charge in [0.2, 0.25) is 0 Å². The number of allylic oxidation sites excluding steroid dienone is 1. The molecule has 2 heterocycles. The van der Waals surface area contributed by atoms with Crippen molar-refractivity contribution in [1.82, 2.24) is 0 Å². The molecule has 0 atom stereocenters. The molecule has 0 fully saturated rings. The topological polar surface area (TPSA) is 15.6 Å². The molecule has 1 aromatic carbocycles. The lowest BCUT2D eigenvalue weighted by Crippen LogP contribution is -2.35. The smallest absolute Gasteiger partial charge is 0.109 e. The van der Waals surface area contributed by atoms with Gasteiger partial charge in [-0.3, -0.25) is 0 Å². The van der Waals surface area contributed by atoms with Crippen molar-refractivity contribution in [3.63, 3.8) is 0 Å². The zero-order valence-corrected chi connectivity index (χ0v) is 9.39. The van der Waals surface area contributed by atoms with Gasteiger partial charge in [-0.25, -0.2) is 4.99 Å². The summed E-state index contributed by atoms with van der Waals surface area (Å²) < 4.78 is 0. The van der Waals surface area contributed by atoms with Crippen LogP contribution < -0.4 is 4.90 Å². The molecule has 0 saturated heterocycles. The fourth-order valence-electron chi connectivity index (χ4n) is 2.50. The fraction of sp³-hybridized carbons (Fsp3) is 0.357. The molecule has 0 aliphatic carbocycles. The van der Waals surface area contributed by atoms with Crippen LogP contribution in [0.25, 0.3) is 0 Å². The average Bonchev–Trinajstić information content (AvgIpc) is 2.39. The van der Waals surface area contributed by atoms with E-state index < -0.39 is 0 Å². The fourth-order valence-corrected chi connectivity index (χ4v) is 2.50. The van der Waals surface area contributed by atoms with Crippen molar-refractivity contribution in [2.45, 2.75) is 25.7 Å². The Bertz CT molecular complexity index is 446. The van der Waals surface area contributed by atoms with Gasteiger partial charge in [0, 0.05) is 24.9 Å². The van der Waals surface area contributed by atoms with Crippen LogP contribution in [-0.2, 0) is 6.42 Å². The average molecular weight is 212 g/mol. The highest BCUT2D eigenvalue weighted by atomic mass is 15.2. The number of fused-ring (bicyclic) bond motifs is 1. The number of hydrogen-bond acceptors (Lipinski definition) is 2. The Balaban J connectivity index is 1.98. The van der Waals surface area contributed by atoms with Gasteiger partial charge in [-0.2, -0.15) is 0 Å². The van der Waals surface area contributed by atoms with Gasteiger partial charge in [0.15, 0.2) is 0 Å². The van der Waals surface area contributed by atoms with Gasteiger partial charge >= 0.3 is 0 Å². The van der Waals surface area contributed by atoms with E-state index in [1.54, 1.807) is 0 Å². The summed E-state index contributed by atoms with van der Waals surface area (Å²) in [7, 11) is 0. The molecule has 0 radical (unpaired) electrons. The molecule has 2 nitrogen and oxygen atoms in total. The summed E-state index contributed by atoms with van der Waals surface area (Å²) in [6.07, 6.45) is 8.72. The van der Waals surface area contributed by atoms with Gasteiger partial charge in [0.1, 0.15) is 5.84 Å². The van der Waals surface area contributed by atoms with E-state index in [0.29, 0.717) is 0 Å². The summed E-state index contributed by atoms with van der Waals surface area (Å²) >= 11 is 0. The van der Waals surface area contributed by atoms with E-state index in [2.05, 4.69) is 40.2 Å². The van der Waals surface area contributed by atoms with Crippen LogP contribution in [0.5, 0.6) is 0 Å². The van der Waals surface area contributed by atoms with Crippen LogP contribution in [0.15, 0.2) is 41.5 Å². The van der Waals surface area contributed by atoms with Crippen LogP contribution in [-0.4, -0.2) is 12.4 Å². The van der Waals surface area contributed by atoms with Crippen molar-refractivity contribution in [3.05, 3.63) is 42.1 Å². The minimum Gasteiger partial charge on any atom is -0.330 e. The molecule has 16 heavy (non-hydrogen) atoms. The van der Waals surface area contributed by atoms with E-state index in [-0.39, 0.29) is 0 Å². The van der Waals surface area contributed by atoms with Crippen molar-refractivity contribution in [1.29, 1.82) is 0 Å². The van der Waals surface area contributed by atoms with Crippen LogP contribution in [0.4, 0.5) is 5.69 Å². The number of aryl methyl sites for hydroxylation is 1.